The fourth-order valence-electron chi connectivity index (χ4n) is 1.57. The van der Waals surface area contributed by atoms with Crippen LogP contribution in [0.2, 0.25) is 0 Å². The van der Waals surface area contributed by atoms with E-state index in [9.17, 15) is 4.39 Å². The van der Waals surface area contributed by atoms with Crippen molar-refractivity contribution < 1.29 is 4.39 Å². The Morgan fingerprint density at radius 2 is 1.86 bits per heavy atom. The molecule has 0 aromatic heterocycles. The van der Waals surface area contributed by atoms with Crippen molar-refractivity contribution in [1.29, 1.82) is 5.26 Å². The quantitative estimate of drug-likeness (QED) is 0.617. The molecule has 1 aromatic rings. The van der Waals surface area contributed by atoms with Gasteiger partial charge in [-0.3, -0.25) is 0 Å². The summed E-state index contributed by atoms with van der Waals surface area (Å²) in [5, 5.41) is 8.71. The van der Waals surface area contributed by atoms with Crippen LogP contribution in [-0.4, -0.2) is 0 Å². The van der Waals surface area contributed by atoms with E-state index >= 15 is 0 Å². The van der Waals surface area contributed by atoms with Crippen molar-refractivity contribution in [2.75, 3.05) is 0 Å². The van der Waals surface area contributed by atoms with Crippen molar-refractivity contribution in [2.45, 2.75) is 33.1 Å². The zero-order valence-corrected chi connectivity index (χ0v) is 8.98. The summed E-state index contributed by atoms with van der Waals surface area (Å²) in [4.78, 5) is 0. The monoisotopic (exact) mass is 191 g/mol. The van der Waals surface area contributed by atoms with Crippen molar-refractivity contribution in [3.8, 4) is 6.07 Å². The van der Waals surface area contributed by atoms with E-state index in [-0.39, 0.29) is 11.0 Å². The molecule has 0 atom stereocenters. The number of rotatable bonds is 0. The molecule has 0 unspecified atom stereocenters. The van der Waals surface area contributed by atoms with Crippen LogP contribution < -0.4 is 0 Å². The van der Waals surface area contributed by atoms with E-state index in [1.807, 2.05) is 33.8 Å². The van der Waals surface area contributed by atoms with Gasteiger partial charge >= 0.3 is 0 Å². The highest BCUT2D eigenvalue weighted by molar-refractivity contribution is 5.41. The van der Waals surface area contributed by atoms with Crippen molar-refractivity contribution in [2.24, 2.45) is 0 Å². The lowest BCUT2D eigenvalue weighted by Gasteiger charge is -2.21. The van der Waals surface area contributed by atoms with Crippen LogP contribution >= 0.6 is 0 Å². The van der Waals surface area contributed by atoms with Crippen LogP contribution in [0.4, 0.5) is 4.39 Å². The van der Waals surface area contributed by atoms with Crippen molar-refractivity contribution in [3.63, 3.8) is 0 Å². The standard InChI is InChI=1S/C12H14FN/c1-8-5-11(13)9(7-14)6-10(8)12(2,3)4/h5-6H,1-4H3. The normalized spacial score (nSPS) is 11.1. The van der Waals surface area contributed by atoms with Gasteiger partial charge in [0.15, 0.2) is 0 Å². The lowest BCUT2D eigenvalue weighted by Crippen LogP contribution is -2.13. The second-order valence-electron chi connectivity index (χ2n) is 4.51. The smallest absolute Gasteiger partial charge is 0.141 e. The molecule has 0 saturated heterocycles. The number of halogens is 1. The maximum Gasteiger partial charge on any atom is 0.141 e. The van der Waals surface area contributed by atoms with Crippen LogP contribution in [0.3, 0.4) is 0 Å². The number of hydrogen-bond acceptors (Lipinski definition) is 1. The molecule has 1 aromatic carbocycles. The Balaban J connectivity index is 3.41. The minimum Gasteiger partial charge on any atom is -0.206 e. The molecule has 1 rings (SSSR count). The number of nitriles is 1. The van der Waals surface area contributed by atoms with Gasteiger partial charge in [0, 0.05) is 0 Å². The Hall–Kier alpha value is -1.36. The van der Waals surface area contributed by atoms with Gasteiger partial charge in [-0.2, -0.15) is 5.26 Å². The fourth-order valence-corrected chi connectivity index (χ4v) is 1.57. The number of hydrogen-bond donors (Lipinski definition) is 0. The number of nitrogens with zero attached hydrogens (tertiary/aromatic N) is 1. The van der Waals surface area contributed by atoms with Gasteiger partial charge in [-0.1, -0.05) is 20.8 Å². The van der Waals surface area contributed by atoms with Gasteiger partial charge < -0.3 is 0 Å². The Morgan fingerprint density at radius 3 is 2.29 bits per heavy atom. The summed E-state index contributed by atoms with van der Waals surface area (Å²) in [6.45, 7) is 8.02. The van der Waals surface area contributed by atoms with E-state index in [1.54, 1.807) is 6.07 Å². The summed E-state index contributed by atoms with van der Waals surface area (Å²) in [5.74, 6) is -0.432. The maximum atomic E-state index is 13.2. The molecule has 0 bridgehead atoms. The molecule has 1 nitrogen and oxygen atoms in total. The SMILES string of the molecule is Cc1cc(F)c(C#N)cc1C(C)(C)C. The predicted molar refractivity (Wildman–Crippen MR) is 54.6 cm³/mol. The highest BCUT2D eigenvalue weighted by Crippen LogP contribution is 2.27. The molecule has 0 radical (unpaired) electrons. The molecule has 0 N–H and O–H groups in total. The van der Waals surface area contributed by atoms with Crippen LogP contribution in [0.1, 0.15) is 37.5 Å². The summed E-state index contributed by atoms with van der Waals surface area (Å²) < 4.78 is 13.2. The van der Waals surface area contributed by atoms with E-state index in [4.69, 9.17) is 5.26 Å². The predicted octanol–water partition coefficient (Wildman–Crippen LogP) is 3.30. The van der Waals surface area contributed by atoms with E-state index in [2.05, 4.69) is 0 Å². The van der Waals surface area contributed by atoms with Crippen LogP contribution in [0.5, 0.6) is 0 Å². The lowest BCUT2D eigenvalue weighted by atomic mass is 9.83. The van der Waals surface area contributed by atoms with Crippen LogP contribution in [-0.2, 0) is 5.41 Å². The molecule has 0 heterocycles. The van der Waals surface area contributed by atoms with Gasteiger partial charge in [0.05, 0.1) is 5.56 Å². The molecular weight excluding hydrogens is 177 g/mol. The average Bonchev–Trinajstić information content (AvgIpc) is 2.02. The number of aryl methyl sites for hydroxylation is 1. The van der Waals surface area contributed by atoms with E-state index in [1.165, 1.54) is 6.07 Å². The molecule has 0 amide bonds. The van der Waals surface area contributed by atoms with Crippen LogP contribution in [0.25, 0.3) is 0 Å². The zero-order chi connectivity index (χ0) is 10.9. The Bertz CT molecular complexity index is 394. The topological polar surface area (TPSA) is 23.8 Å². The number of benzene rings is 1. The van der Waals surface area contributed by atoms with E-state index < -0.39 is 5.82 Å². The highest BCUT2D eigenvalue weighted by Gasteiger charge is 2.18. The summed E-state index contributed by atoms with van der Waals surface area (Å²) >= 11 is 0. The molecule has 14 heavy (non-hydrogen) atoms. The molecule has 0 aliphatic heterocycles. The van der Waals surface area contributed by atoms with Gasteiger partial charge in [0.25, 0.3) is 0 Å². The molecule has 0 saturated carbocycles. The second-order valence-corrected chi connectivity index (χ2v) is 4.51. The summed E-state index contributed by atoms with van der Waals surface area (Å²) in [5.41, 5.74) is 1.99. The van der Waals surface area contributed by atoms with Crippen molar-refractivity contribution in [1.82, 2.24) is 0 Å². The average molecular weight is 191 g/mol. The molecule has 0 spiro atoms. The van der Waals surface area contributed by atoms with Gasteiger partial charge in [-0.15, -0.1) is 0 Å². The van der Waals surface area contributed by atoms with E-state index in [0.717, 1.165) is 11.1 Å². The first-order valence-corrected chi connectivity index (χ1v) is 4.57. The van der Waals surface area contributed by atoms with E-state index in [0.29, 0.717) is 0 Å². The first kappa shape index (κ1) is 10.7. The first-order chi connectivity index (χ1) is 6.36. The minimum absolute atomic E-state index is 0.0522. The molecule has 74 valence electrons. The van der Waals surface area contributed by atoms with Gasteiger partial charge in [-0.25, -0.2) is 4.39 Å². The van der Waals surface area contributed by atoms with Gasteiger partial charge in [-0.05, 0) is 35.6 Å². The van der Waals surface area contributed by atoms with Crippen LogP contribution in [0.15, 0.2) is 12.1 Å². The highest BCUT2D eigenvalue weighted by atomic mass is 19.1. The zero-order valence-electron chi connectivity index (χ0n) is 8.98. The Kier molecular flexibility index (Phi) is 2.62. The third kappa shape index (κ3) is 1.93. The lowest BCUT2D eigenvalue weighted by molar-refractivity contribution is 0.576. The Morgan fingerprint density at radius 1 is 1.29 bits per heavy atom. The maximum absolute atomic E-state index is 13.2. The van der Waals surface area contributed by atoms with Crippen molar-refractivity contribution >= 4 is 0 Å². The van der Waals surface area contributed by atoms with Gasteiger partial charge in [0.1, 0.15) is 11.9 Å². The molecule has 2 heteroatoms. The largest absolute Gasteiger partial charge is 0.206 e. The molecule has 0 fully saturated rings. The molecule has 0 aliphatic rings. The molecule has 0 aliphatic carbocycles. The third-order valence-electron chi connectivity index (χ3n) is 2.24. The summed E-state index contributed by atoms with van der Waals surface area (Å²) in [6.07, 6.45) is 0. The third-order valence-corrected chi connectivity index (χ3v) is 2.24. The minimum atomic E-state index is -0.432. The first-order valence-electron chi connectivity index (χ1n) is 4.57. The molecular formula is C12H14FN. The summed E-state index contributed by atoms with van der Waals surface area (Å²) in [6, 6.07) is 4.93. The second kappa shape index (κ2) is 3.42. The van der Waals surface area contributed by atoms with Gasteiger partial charge in [0.2, 0.25) is 0 Å². The fraction of sp³-hybridized carbons (Fsp3) is 0.417. The van der Waals surface area contributed by atoms with Crippen molar-refractivity contribution in [3.05, 3.63) is 34.6 Å². The van der Waals surface area contributed by atoms with Crippen LogP contribution in [0, 0.1) is 24.1 Å². The summed E-state index contributed by atoms with van der Waals surface area (Å²) in [7, 11) is 0. The Labute approximate surface area is 84.2 Å².